The molecule has 1 aromatic carbocycles. The maximum Gasteiger partial charge on any atom is 0.414 e. The molecule has 1 rings (SSSR count). The summed E-state index contributed by atoms with van der Waals surface area (Å²) in [6, 6.07) is 4.54. The number of benzene rings is 1. The van der Waals surface area contributed by atoms with Gasteiger partial charge in [-0.3, -0.25) is 4.90 Å². The van der Waals surface area contributed by atoms with E-state index in [-0.39, 0.29) is 10.6 Å². The van der Waals surface area contributed by atoms with Crippen LogP contribution in [0.3, 0.4) is 0 Å². The van der Waals surface area contributed by atoms with Crippen molar-refractivity contribution < 1.29 is 19.7 Å². The molecule has 0 heterocycles. The van der Waals surface area contributed by atoms with Crippen molar-refractivity contribution >= 4 is 17.5 Å². The lowest BCUT2D eigenvalue weighted by atomic mass is 10.1. The second kappa shape index (κ2) is 5.26. The molecule has 0 unspecified atom stereocenters. The summed E-state index contributed by atoms with van der Waals surface area (Å²) < 4.78 is 5.24. The highest BCUT2D eigenvalue weighted by molar-refractivity contribution is 5.88. The fourth-order valence-electron chi connectivity index (χ4n) is 1.51. The van der Waals surface area contributed by atoms with Gasteiger partial charge in [-0.1, -0.05) is 6.07 Å². The predicted octanol–water partition coefficient (Wildman–Crippen LogP) is 3.17. The minimum Gasteiger partial charge on any atom is -0.443 e. The number of hydrogen-bond donors (Lipinski definition) is 1. The summed E-state index contributed by atoms with van der Waals surface area (Å²) in [4.78, 5) is 23.9. The van der Waals surface area contributed by atoms with Crippen LogP contribution in [0.2, 0.25) is 0 Å². The van der Waals surface area contributed by atoms with Crippen molar-refractivity contribution in [3.05, 3.63) is 28.7 Å². The Kier molecular flexibility index (Phi) is 4.14. The van der Waals surface area contributed by atoms with Gasteiger partial charge in [0.15, 0.2) is 0 Å². The van der Waals surface area contributed by atoms with E-state index in [2.05, 4.69) is 0 Å². The molecular formula is C13H19N2O4+. The fourth-order valence-corrected chi connectivity index (χ4v) is 1.51. The molecule has 1 amide bonds. The maximum atomic E-state index is 11.9. The van der Waals surface area contributed by atoms with Gasteiger partial charge in [0, 0.05) is 19.2 Å². The highest BCUT2D eigenvalue weighted by Crippen LogP contribution is 2.25. The molecule has 104 valence electrons. The van der Waals surface area contributed by atoms with E-state index in [4.69, 9.17) is 9.94 Å². The molecule has 0 aromatic heterocycles. The third kappa shape index (κ3) is 3.94. The normalized spacial score (nSPS) is 11.0. The van der Waals surface area contributed by atoms with E-state index in [9.17, 15) is 9.70 Å². The number of carbonyl (C=O) groups is 1. The first kappa shape index (κ1) is 14.9. The lowest BCUT2D eigenvalue weighted by molar-refractivity contribution is -0.729. The predicted molar refractivity (Wildman–Crippen MR) is 70.9 cm³/mol. The van der Waals surface area contributed by atoms with E-state index in [1.54, 1.807) is 40.8 Å². The Morgan fingerprint density at radius 1 is 1.37 bits per heavy atom. The first-order valence-corrected chi connectivity index (χ1v) is 5.85. The lowest BCUT2D eigenvalue weighted by Gasteiger charge is -2.25. The average molecular weight is 267 g/mol. The van der Waals surface area contributed by atoms with Crippen LogP contribution in [0.4, 0.5) is 16.2 Å². The molecule has 19 heavy (non-hydrogen) atoms. The summed E-state index contributed by atoms with van der Waals surface area (Å²) in [5, 5.41) is 8.89. The van der Waals surface area contributed by atoms with Crippen LogP contribution in [0.15, 0.2) is 18.2 Å². The number of anilines is 1. The van der Waals surface area contributed by atoms with Gasteiger partial charge < -0.3 is 4.74 Å². The van der Waals surface area contributed by atoms with Gasteiger partial charge in [0.2, 0.25) is 0 Å². The van der Waals surface area contributed by atoms with Crippen molar-refractivity contribution in [2.45, 2.75) is 33.3 Å². The number of rotatable bonds is 2. The Labute approximate surface area is 112 Å². The first-order valence-electron chi connectivity index (χ1n) is 5.85. The quantitative estimate of drug-likeness (QED) is 0.835. The molecule has 0 aliphatic carbocycles. The largest absolute Gasteiger partial charge is 0.443 e. The van der Waals surface area contributed by atoms with E-state index in [0.717, 1.165) is 5.56 Å². The molecule has 0 saturated carbocycles. The summed E-state index contributed by atoms with van der Waals surface area (Å²) >= 11 is 0. The molecule has 0 spiro atoms. The molecule has 0 bridgehead atoms. The van der Waals surface area contributed by atoms with Crippen LogP contribution in [0.25, 0.3) is 0 Å². The zero-order chi connectivity index (χ0) is 14.8. The van der Waals surface area contributed by atoms with Crippen LogP contribution in [-0.4, -0.2) is 28.9 Å². The molecule has 0 radical (unpaired) electrons. The van der Waals surface area contributed by atoms with Gasteiger partial charge in [0.25, 0.3) is 4.92 Å². The number of nitrogens with zero attached hydrogens (tertiary/aromatic N) is 2. The van der Waals surface area contributed by atoms with Crippen LogP contribution in [0, 0.1) is 11.8 Å². The highest BCUT2D eigenvalue weighted by atomic mass is 16.6. The highest BCUT2D eigenvalue weighted by Gasteiger charge is 2.23. The van der Waals surface area contributed by atoms with Crippen molar-refractivity contribution in [3.63, 3.8) is 0 Å². The number of amides is 1. The zero-order valence-electron chi connectivity index (χ0n) is 11.8. The molecule has 1 N–H and O–H groups in total. The van der Waals surface area contributed by atoms with Crippen LogP contribution in [0.1, 0.15) is 26.3 Å². The SMILES string of the molecule is Cc1ccc([N+](=O)O)cc1N(C)C(=O)OC(C)(C)C. The lowest BCUT2D eigenvalue weighted by Crippen LogP contribution is -2.34. The third-order valence-electron chi connectivity index (χ3n) is 2.44. The van der Waals surface area contributed by atoms with Crippen molar-refractivity contribution in [1.29, 1.82) is 0 Å². The monoisotopic (exact) mass is 267 g/mol. The summed E-state index contributed by atoms with van der Waals surface area (Å²) in [6.07, 6.45) is -0.525. The van der Waals surface area contributed by atoms with Crippen LogP contribution in [0.5, 0.6) is 0 Å². The van der Waals surface area contributed by atoms with Gasteiger partial charge in [-0.25, -0.2) is 10.0 Å². The number of ether oxygens (including phenoxy) is 1. The first-order chi connectivity index (χ1) is 8.61. The standard InChI is InChI=1S/C13H19N2O4/c1-9-6-7-10(15(17)18)8-11(9)14(5)12(16)19-13(2,3)4/h6-8H,1-5H3,(H,17,18)/q+1. The molecule has 1 aromatic rings. The molecular weight excluding hydrogens is 248 g/mol. The number of aryl methyl sites for hydroxylation is 1. The third-order valence-corrected chi connectivity index (χ3v) is 2.44. The van der Waals surface area contributed by atoms with E-state index in [1.165, 1.54) is 17.0 Å². The second-order valence-electron chi connectivity index (χ2n) is 5.28. The van der Waals surface area contributed by atoms with Crippen molar-refractivity contribution in [3.8, 4) is 0 Å². The van der Waals surface area contributed by atoms with Crippen molar-refractivity contribution in [2.24, 2.45) is 0 Å². The molecule has 0 saturated heterocycles. The summed E-state index contributed by atoms with van der Waals surface area (Å²) in [5.74, 6) is 0. The molecule has 0 atom stereocenters. The van der Waals surface area contributed by atoms with Gasteiger partial charge in [-0.05, 0) is 33.3 Å². The Balaban J connectivity index is 3.05. The molecule has 0 aliphatic rings. The van der Waals surface area contributed by atoms with Gasteiger partial charge >= 0.3 is 11.8 Å². The second-order valence-corrected chi connectivity index (χ2v) is 5.28. The van der Waals surface area contributed by atoms with Crippen molar-refractivity contribution in [2.75, 3.05) is 11.9 Å². The summed E-state index contributed by atoms with van der Waals surface area (Å²) in [7, 11) is 1.55. The number of hydrogen-bond acceptors (Lipinski definition) is 3. The Morgan fingerprint density at radius 2 is 1.95 bits per heavy atom. The van der Waals surface area contributed by atoms with E-state index < -0.39 is 11.7 Å². The Morgan fingerprint density at radius 3 is 2.42 bits per heavy atom. The van der Waals surface area contributed by atoms with Gasteiger partial charge in [0.05, 0.1) is 10.6 Å². The van der Waals surface area contributed by atoms with Crippen LogP contribution in [-0.2, 0) is 4.74 Å². The Bertz CT molecular complexity index is 506. The summed E-state index contributed by atoms with van der Waals surface area (Å²) in [6.45, 7) is 7.12. The van der Waals surface area contributed by atoms with E-state index in [1.807, 2.05) is 0 Å². The molecule has 0 fully saturated rings. The average Bonchev–Trinajstić information content (AvgIpc) is 2.26. The van der Waals surface area contributed by atoms with Crippen LogP contribution >= 0.6 is 0 Å². The molecule has 6 nitrogen and oxygen atoms in total. The molecule has 6 heteroatoms. The van der Waals surface area contributed by atoms with Gasteiger partial charge in [0.1, 0.15) is 5.60 Å². The van der Waals surface area contributed by atoms with E-state index >= 15 is 0 Å². The number of carbonyl (C=O) groups excluding carboxylic acids is 1. The Hall–Kier alpha value is -2.11. The van der Waals surface area contributed by atoms with Crippen molar-refractivity contribution in [1.82, 2.24) is 0 Å². The van der Waals surface area contributed by atoms with E-state index in [0.29, 0.717) is 5.69 Å². The topological polar surface area (TPSA) is 69.9 Å². The summed E-state index contributed by atoms with van der Waals surface area (Å²) in [5.41, 5.74) is 0.745. The van der Waals surface area contributed by atoms with Crippen LogP contribution < -0.4 is 4.90 Å². The smallest absolute Gasteiger partial charge is 0.414 e. The minimum absolute atomic E-state index is 0.0519. The fraction of sp³-hybridized carbons (Fsp3) is 0.462. The minimum atomic E-state index is -0.599. The zero-order valence-corrected chi connectivity index (χ0v) is 11.8. The molecule has 0 aliphatic heterocycles. The maximum absolute atomic E-state index is 11.9. The van der Waals surface area contributed by atoms with Gasteiger partial charge in [-0.15, -0.1) is 0 Å². The van der Waals surface area contributed by atoms with Gasteiger partial charge in [-0.2, -0.15) is 0 Å².